The zero-order valence-corrected chi connectivity index (χ0v) is 14.1. The number of fused-ring (bicyclic) bond motifs is 1. The lowest BCUT2D eigenvalue weighted by molar-refractivity contribution is -0.0346. The Kier molecular flexibility index (Phi) is 4.37. The van der Waals surface area contributed by atoms with Gasteiger partial charge in [0.2, 0.25) is 0 Å². The first kappa shape index (κ1) is 16.0. The van der Waals surface area contributed by atoms with E-state index in [1.165, 1.54) is 0 Å². The number of aromatic nitrogens is 4. The Morgan fingerprint density at radius 2 is 2.20 bits per heavy atom. The van der Waals surface area contributed by atoms with E-state index in [4.69, 9.17) is 9.15 Å². The molecule has 3 heterocycles. The minimum Gasteiger partial charge on any atom is -0.408 e. The maximum atomic E-state index is 12.0. The second-order valence-corrected chi connectivity index (χ2v) is 6.28. The summed E-state index contributed by atoms with van der Waals surface area (Å²) < 4.78 is 12.8. The molecule has 0 unspecified atom stereocenters. The molecule has 8 heteroatoms. The largest absolute Gasteiger partial charge is 0.419 e. The molecule has 8 nitrogen and oxygen atoms in total. The predicted molar refractivity (Wildman–Crippen MR) is 91.3 cm³/mol. The molecule has 4 rings (SSSR count). The van der Waals surface area contributed by atoms with Crippen molar-refractivity contribution in [2.75, 3.05) is 26.2 Å². The average Bonchev–Trinajstić information content (AvgIpc) is 3.19. The maximum absolute atomic E-state index is 12.0. The van der Waals surface area contributed by atoms with Crippen LogP contribution in [0.25, 0.3) is 11.1 Å². The Bertz CT molecular complexity index is 912. The summed E-state index contributed by atoms with van der Waals surface area (Å²) in [7, 11) is 0. The quantitative estimate of drug-likeness (QED) is 0.755. The van der Waals surface area contributed by atoms with Crippen molar-refractivity contribution in [1.29, 1.82) is 0 Å². The van der Waals surface area contributed by atoms with Crippen LogP contribution in [-0.2, 0) is 11.3 Å². The highest BCUT2D eigenvalue weighted by atomic mass is 16.5. The Morgan fingerprint density at radius 3 is 3.04 bits per heavy atom. The normalized spacial score (nSPS) is 18.8. The van der Waals surface area contributed by atoms with Crippen LogP contribution < -0.4 is 5.76 Å². The molecule has 0 aliphatic carbocycles. The number of H-pyrrole nitrogens is 1. The molecule has 1 N–H and O–H groups in total. The van der Waals surface area contributed by atoms with Crippen molar-refractivity contribution in [2.24, 2.45) is 0 Å². The number of rotatable bonds is 5. The molecule has 3 aromatic rings. The first-order chi connectivity index (χ1) is 12.2. The predicted octanol–water partition coefficient (Wildman–Crippen LogP) is 1.48. The summed E-state index contributed by atoms with van der Waals surface area (Å²) in [5.74, 6) is 1.21. The van der Waals surface area contributed by atoms with Crippen LogP contribution in [-0.4, -0.2) is 50.9 Å². The minimum atomic E-state index is -0.294. The standard InChI is InChI=1S/C17H21N5O3/c1-12-18-16(20-19-12)15-11-21(9-10-24-15)7-4-8-22-13-5-2-3-6-14(13)25-17(22)23/h2-3,5-6,15H,4,7-11H2,1H3,(H,18,19,20)/t15-/m0/s1. The highest BCUT2D eigenvalue weighted by Gasteiger charge is 2.24. The number of hydrogen-bond donors (Lipinski definition) is 1. The van der Waals surface area contributed by atoms with Crippen LogP contribution >= 0.6 is 0 Å². The van der Waals surface area contributed by atoms with Crippen molar-refractivity contribution in [3.8, 4) is 0 Å². The number of para-hydroxylation sites is 2. The fraction of sp³-hybridized carbons (Fsp3) is 0.471. The molecule has 1 atom stereocenters. The fourth-order valence-corrected chi connectivity index (χ4v) is 3.24. The number of hydrogen-bond acceptors (Lipinski definition) is 6. The van der Waals surface area contributed by atoms with Gasteiger partial charge in [0.1, 0.15) is 11.9 Å². The minimum absolute atomic E-state index is 0.101. The number of benzene rings is 1. The lowest BCUT2D eigenvalue weighted by Gasteiger charge is -2.31. The summed E-state index contributed by atoms with van der Waals surface area (Å²) in [6, 6.07) is 7.52. The van der Waals surface area contributed by atoms with Gasteiger partial charge in [0.25, 0.3) is 0 Å². The van der Waals surface area contributed by atoms with Gasteiger partial charge in [0.15, 0.2) is 11.4 Å². The SMILES string of the molecule is Cc1nc([C@@H]2CN(CCCn3c(=O)oc4ccccc43)CCO2)n[nH]1. The van der Waals surface area contributed by atoms with Crippen molar-refractivity contribution >= 4 is 11.1 Å². The Hall–Kier alpha value is -2.45. The van der Waals surface area contributed by atoms with Crippen molar-refractivity contribution in [1.82, 2.24) is 24.6 Å². The molecular formula is C17H21N5O3. The van der Waals surface area contributed by atoms with E-state index in [1.807, 2.05) is 31.2 Å². The zero-order valence-electron chi connectivity index (χ0n) is 14.1. The molecule has 0 amide bonds. The summed E-state index contributed by atoms with van der Waals surface area (Å²) in [5, 5.41) is 7.05. The van der Waals surface area contributed by atoms with Gasteiger partial charge in [-0.2, -0.15) is 5.10 Å². The summed E-state index contributed by atoms with van der Waals surface area (Å²) >= 11 is 0. The zero-order chi connectivity index (χ0) is 17.2. The highest BCUT2D eigenvalue weighted by Crippen LogP contribution is 2.19. The number of aromatic amines is 1. The molecule has 2 aromatic heterocycles. The van der Waals surface area contributed by atoms with Crippen LogP contribution in [0.4, 0.5) is 0 Å². The second kappa shape index (κ2) is 6.81. The van der Waals surface area contributed by atoms with Crippen molar-refractivity contribution in [3.05, 3.63) is 46.5 Å². The second-order valence-electron chi connectivity index (χ2n) is 6.28. The topological polar surface area (TPSA) is 89.2 Å². The van der Waals surface area contributed by atoms with E-state index in [0.29, 0.717) is 24.6 Å². The molecule has 1 aromatic carbocycles. The Morgan fingerprint density at radius 1 is 1.32 bits per heavy atom. The van der Waals surface area contributed by atoms with E-state index in [9.17, 15) is 4.79 Å². The van der Waals surface area contributed by atoms with E-state index in [0.717, 1.165) is 37.4 Å². The van der Waals surface area contributed by atoms with E-state index in [1.54, 1.807) is 4.57 Å². The summed E-state index contributed by atoms with van der Waals surface area (Å²) in [6.07, 6.45) is 0.764. The molecular weight excluding hydrogens is 322 g/mol. The number of oxazole rings is 1. The number of ether oxygens (including phenoxy) is 1. The van der Waals surface area contributed by atoms with E-state index >= 15 is 0 Å². The maximum Gasteiger partial charge on any atom is 0.419 e. The smallest absolute Gasteiger partial charge is 0.408 e. The van der Waals surface area contributed by atoms with Crippen LogP contribution in [0.15, 0.2) is 33.5 Å². The van der Waals surface area contributed by atoms with Gasteiger partial charge in [0.05, 0.1) is 12.1 Å². The lowest BCUT2D eigenvalue weighted by Crippen LogP contribution is -2.39. The molecule has 1 aliphatic rings. The molecule has 0 spiro atoms. The monoisotopic (exact) mass is 343 g/mol. The molecule has 1 fully saturated rings. The van der Waals surface area contributed by atoms with Crippen LogP contribution in [0.2, 0.25) is 0 Å². The summed E-state index contributed by atoms with van der Waals surface area (Å²) in [4.78, 5) is 18.7. The molecule has 0 saturated carbocycles. The van der Waals surface area contributed by atoms with E-state index < -0.39 is 0 Å². The Balaban J connectivity index is 1.36. The van der Waals surface area contributed by atoms with Crippen molar-refractivity contribution < 1.29 is 9.15 Å². The Labute approximate surface area is 144 Å². The fourth-order valence-electron chi connectivity index (χ4n) is 3.24. The van der Waals surface area contributed by atoms with Gasteiger partial charge in [0, 0.05) is 26.2 Å². The molecule has 132 valence electrons. The first-order valence-corrected chi connectivity index (χ1v) is 8.52. The van der Waals surface area contributed by atoms with Crippen LogP contribution in [0.1, 0.15) is 24.2 Å². The van der Waals surface area contributed by atoms with Gasteiger partial charge in [-0.3, -0.25) is 14.6 Å². The number of aryl methyl sites for hydroxylation is 2. The van der Waals surface area contributed by atoms with E-state index in [2.05, 4.69) is 20.1 Å². The third-order valence-corrected chi connectivity index (χ3v) is 4.48. The van der Waals surface area contributed by atoms with Gasteiger partial charge >= 0.3 is 5.76 Å². The van der Waals surface area contributed by atoms with Crippen LogP contribution in [0.3, 0.4) is 0 Å². The lowest BCUT2D eigenvalue weighted by atomic mass is 10.2. The van der Waals surface area contributed by atoms with Gasteiger partial charge in [-0.25, -0.2) is 9.78 Å². The number of morpholine rings is 1. The number of nitrogens with zero attached hydrogens (tertiary/aromatic N) is 4. The molecule has 0 radical (unpaired) electrons. The van der Waals surface area contributed by atoms with Gasteiger partial charge in [-0.15, -0.1) is 0 Å². The van der Waals surface area contributed by atoms with Crippen LogP contribution in [0, 0.1) is 6.92 Å². The number of nitrogens with one attached hydrogen (secondary N) is 1. The summed E-state index contributed by atoms with van der Waals surface area (Å²) in [6.45, 7) is 5.70. The summed E-state index contributed by atoms with van der Waals surface area (Å²) in [5.41, 5.74) is 1.49. The van der Waals surface area contributed by atoms with E-state index in [-0.39, 0.29) is 11.9 Å². The van der Waals surface area contributed by atoms with Crippen molar-refractivity contribution in [2.45, 2.75) is 26.0 Å². The van der Waals surface area contributed by atoms with Crippen molar-refractivity contribution in [3.63, 3.8) is 0 Å². The highest BCUT2D eigenvalue weighted by molar-refractivity contribution is 5.72. The average molecular weight is 343 g/mol. The van der Waals surface area contributed by atoms with Gasteiger partial charge < -0.3 is 9.15 Å². The van der Waals surface area contributed by atoms with Gasteiger partial charge in [-0.05, 0) is 25.5 Å². The first-order valence-electron chi connectivity index (χ1n) is 8.52. The molecule has 1 aliphatic heterocycles. The third kappa shape index (κ3) is 3.35. The van der Waals surface area contributed by atoms with Crippen LogP contribution in [0.5, 0.6) is 0 Å². The molecule has 25 heavy (non-hydrogen) atoms. The molecule has 1 saturated heterocycles. The molecule has 0 bridgehead atoms. The third-order valence-electron chi connectivity index (χ3n) is 4.48. The van der Waals surface area contributed by atoms with Gasteiger partial charge in [-0.1, -0.05) is 12.1 Å².